The molecule has 0 atom stereocenters. The molecule has 0 aromatic heterocycles. The molecule has 0 saturated heterocycles. The number of anilines is 1. The summed E-state index contributed by atoms with van der Waals surface area (Å²) < 4.78 is 27.4. The monoisotopic (exact) mass is 433 g/mol. The molecule has 2 aromatic carbocycles. The van der Waals surface area contributed by atoms with Gasteiger partial charge < -0.3 is 29.0 Å². The van der Waals surface area contributed by atoms with Crippen LogP contribution in [0.25, 0.3) is 0 Å². The van der Waals surface area contributed by atoms with Crippen molar-refractivity contribution in [1.82, 2.24) is 0 Å². The van der Waals surface area contributed by atoms with Gasteiger partial charge in [-0.1, -0.05) is 11.6 Å². The second-order valence-electron chi connectivity index (χ2n) is 6.67. The van der Waals surface area contributed by atoms with Gasteiger partial charge in [0, 0.05) is 24.6 Å². The average molecular weight is 434 g/mol. The number of fused-ring (bicyclic) bond motifs is 2. The van der Waals surface area contributed by atoms with Gasteiger partial charge in [0.15, 0.2) is 29.6 Å². The summed E-state index contributed by atoms with van der Waals surface area (Å²) in [6.07, 6.45) is 1.50. The van der Waals surface area contributed by atoms with Gasteiger partial charge in [0.1, 0.15) is 0 Å². The van der Waals surface area contributed by atoms with E-state index in [0.29, 0.717) is 61.5 Å². The molecule has 1 amide bonds. The van der Waals surface area contributed by atoms with E-state index in [9.17, 15) is 9.59 Å². The van der Waals surface area contributed by atoms with Crippen LogP contribution in [0.2, 0.25) is 5.02 Å². The van der Waals surface area contributed by atoms with Crippen molar-refractivity contribution in [3.63, 3.8) is 0 Å². The minimum atomic E-state index is -0.693. The molecular formula is C21H20ClNO7. The molecule has 0 spiro atoms. The summed E-state index contributed by atoms with van der Waals surface area (Å²) in [6.45, 7) is 1.61. The number of carbonyl (C=O) groups excluding carboxylic acids is 2. The molecule has 9 heteroatoms. The highest BCUT2D eigenvalue weighted by molar-refractivity contribution is 6.32. The number of carbonyl (C=O) groups is 2. The summed E-state index contributed by atoms with van der Waals surface area (Å²) in [5.41, 5.74) is 0.687. The summed E-state index contributed by atoms with van der Waals surface area (Å²) in [4.78, 5) is 24.6. The van der Waals surface area contributed by atoms with Gasteiger partial charge in [-0.05, 0) is 24.3 Å². The molecular weight excluding hydrogens is 414 g/mol. The Labute approximate surface area is 178 Å². The lowest BCUT2D eigenvalue weighted by atomic mass is 10.2. The lowest BCUT2D eigenvalue weighted by Gasteiger charge is -2.12. The Bertz CT molecular complexity index is 963. The fraction of sp³-hybridized carbons (Fsp3) is 0.333. The summed E-state index contributed by atoms with van der Waals surface area (Å²) in [5, 5.41) is 2.91. The Morgan fingerprint density at radius 2 is 1.60 bits per heavy atom. The molecule has 1 N–H and O–H groups in total. The largest absolute Gasteiger partial charge is 0.490 e. The van der Waals surface area contributed by atoms with Crippen molar-refractivity contribution in [3.05, 3.63) is 40.9 Å². The highest BCUT2D eigenvalue weighted by atomic mass is 35.5. The van der Waals surface area contributed by atoms with Crippen LogP contribution in [-0.4, -0.2) is 44.9 Å². The molecule has 0 unspecified atom stereocenters. The number of amides is 1. The highest BCUT2D eigenvalue weighted by Gasteiger charge is 2.20. The molecule has 2 heterocycles. The Balaban J connectivity index is 1.36. The van der Waals surface area contributed by atoms with Crippen LogP contribution in [0, 0.1) is 0 Å². The van der Waals surface area contributed by atoms with Gasteiger partial charge in [-0.3, -0.25) is 4.79 Å². The van der Waals surface area contributed by atoms with Crippen molar-refractivity contribution in [2.45, 2.75) is 12.8 Å². The summed E-state index contributed by atoms with van der Waals surface area (Å²) in [6, 6.07) is 8.01. The predicted octanol–water partition coefficient (Wildman–Crippen LogP) is 3.46. The van der Waals surface area contributed by atoms with Gasteiger partial charge in [-0.15, -0.1) is 0 Å². The third-order valence-electron chi connectivity index (χ3n) is 4.40. The molecule has 2 aromatic rings. The van der Waals surface area contributed by atoms with Crippen LogP contribution < -0.4 is 24.3 Å². The van der Waals surface area contributed by atoms with E-state index in [2.05, 4.69) is 5.32 Å². The first kappa shape index (κ1) is 20.2. The maximum absolute atomic E-state index is 12.4. The number of benzene rings is 2. The van der Waals surface area contributed by atoms with Crippen molar-refractivity contribution in [2.75, 3.05) is 38.4 Å². The quantitative estimate of drug-likeness (QED) is 0.738. The number of ether oxygens (including phenoxy) is 5. The smallest absolute Gasteiger partial charge is 0.338 e. The third kappa shape index (κ3) is 4.71. The van der Waals surface area contributed by atoms with Crippen molar-refractivity contribution < 1.29 is 33.3 Å². The first-order valence-electron chi connectivity index (χ1n) is 9.56. The Morgan fingerprint density at radius 3 is 2.40 bits per heavy atom. The summed E-state index contributed by atoms with van der Waals surface area (Å²) >= 11 is 6.19. The standard InChI is InChI=1S/C21H20ClNO7/c22-15-9-13(10-18-20(15)29-8-2-7-28-18)21(25)30-12-19(24)23-14-3-4-16-17(11-14)27-6-1-5-26-16/h3-4,9-11H,1-2,5-8,12H2,(H,23,24). The zero-order chi connectivity index (χ0) is 20.9. The zero-order valence-corrected chi connectivity index (χ0v) is 16.8. The van der Waals surface area contributed by atoms with E-state index >= 15 is 0 Å². The number of halogens is 1. The highest BCUT2D eigenvalue weighted by Crippen LogP contribution is 2.38. The summed E-state index contributed by atoms with van der Waals surface area (Å²) in [5.74, 6) is 0.786. The lowest BCUT2D eigenvalue weighted by molar-refractivity contribution is -0.119. The van der Waals surface area contributed by atoms with E-state index in [-0.39, 0.29) is 10.6 Å². The van der Waals surface area contributed by atoms with Gasteiger partial charge in [0.05, 0.1) is 37.0 Å². The van der Waals surface area contributed by atoms with E-state index in [1.165, 1.54) is 12.1 Å². The van der Waals surface area contributed by atoms with Crippen LogP contribution in [-0.2, 0) is 9.53 Å². The van der Waals surface area contributed by atoms with Gasteiger partial charge >= 0.3 is 5.97 Å². The number of rotatable bonds is 4. The Hall–Kier alpha value is -3.13. The van der Waals surface area contributed by atoms with E-state index in [4.69, 9.17) is 35.3 Å². The van der Waals surface area contributed by atoms with Crippen molar-refractivity contribution in [1.29, 1.82) is 0 Å². The fourth-order valence-corrected chi connectivity index (χ4v) is 3.27. The van der Waals surface area contributed by atoms with Crippen molar-refractivity contribution in [2.24, 2.45) is 0 Å². The Kier molecular flexibility index (Phi) is 6.13. The van der Waals surface area contributed by atoms with E-state index < -0.39 is 18.5 Å². The third-order valence-corrected chi connectivity index (χ3v) is 4.68. The number of esters is 1. The van der Waals surface area contributed by atoms with Crippen LogP contribution in [0.15, 0.2) is 30.3 Å². The van der Waals surface area contributed by atoms with Gasteiger partial charge in [0.25, 0.3) is 5.91 Å². The second-order valence-corrected chi connectivity index (χ2v) is 7.08. The van der Waals surface area contributed by atoms with Crippen molar-refractivity contribution in [3.8, 4) is 23.0 Å². The van der Waals surface area contributed by atoms with Gasteiger partial charge in [0.2, 0.25) is 0 Å². The molecule has 0 aliphatic carbocycles. The van der Waals surface area contributed by atoms with E-state index in [1.807, 2.05) is 0 Å². The number of hydrogen-bond donors (Lipinski definition) is 1. The molecule has 0 fully saturated rings. The van der Waals surface area contributed by atoms with E-state index in [1.54, 1.807) is 18.2 Å². The molecule has 30 heavy (non-hydrogen) atoms. The van der Waals surface area contributed by atoms with Gasteiger partial charge in [-0.25, -0.2) is 4.79 Å². The van der Waals surface area contributed by atoms with Gasteiger partial charge in [-0.2, -0.15) is 0 Å². The molecule has 158 valence electrons. The predicted molar refractivity (Wildman–Crippen MR) is 108 cm³/mol. The van der Waals surface area contributed by atoms with Crippen LogP contribution in [0.3, 0.4) is 0 Å². The second kappa shape index (κ2) is 9.13. The number of hydrogen-bond acceptors (Lipinski definition) is 7. The molecule has 4 rings (SSSR count). The van der Waals surface area contributed by atoms with Crippen LogP contribution >= 0.6 is 11.6 Å². The number of nitrogens with one attached hydrogen (secondary N) is 1. The first-order chi connectivity index (χ1) is 14.6. The topological polar surface area (TPSA) is 92.3 Å². The minimum absolute atomic E-state index is 0.174. The minimum Gasteiger partial charge on any atom is -0.490 e. The molecule has 0 radical (unpaired) electrons. The Morgan fingerprint density at radius 1 is 0.900 bits per heavy atom. The van der Waals surface area contributed by atoms with Crippen LogP contribution in [0.1, 0.15) is 23.2 Å². The molecule has 8 nitrogen and oxygen atoms in total. The normalized spacial score (nSPS) is 14.8. The molecule has 2 aliphatic heterocycles. The van der Waals surface area contributed by atoms with Crippen LogP contribution in [0.5, 0.6) is 23.0 Å². The average Bonchev–Trinajstić information content (AvgIpc) is 3.12. The summed E-state index contributed by atoms with van der Waals surface area (Å²) in [7, 11) is 0. The van der Waals surface area contributed by atoms with E-state index in [0.717, 1.165) is 6.42 Å². The fourth-order valence-electron chi connectivity index (χ4n) is 3.00. The molecule has 0 saturated carbocycles. The molecule has 0 bridgehead atoms. The maximum atomic E-state index is 12.4. The zero-order valence-electron chi connectivity index (χ0n) is 16.1. The molecule has 2 aliphatic rings. The maximum Gasteiger partial charge on any atom is 0.338 e. The lowest BCUT2D eigenvalue weighted by Crippen LogP contribution is -2.21. The van der Waals surface area contributed by atoms with Crippen LogP contribution in [0.4, 0.5) is 5.69 Å². The SMILES string of the molecule is O=C(COC(=O)c1cc(Cl)c2c(c1)OCCCO2)Nc1ccc2c(c1)OCCCO2. The van der Waals surface area contributed by atoms with Crippen molar-refractivity contribution >= 4 is 29.2 Å². The first-order valence-corrected chi connectivity index (χ1v) is 9.94.